The zero-order valence-corrected chi connectivity index (χ0v) is 10.2. The van der Waals surface area contributed by atoms with Gasteiger partial charge in [-0.15, -0.1) is 6.58 Å². The molecular weight excluding hydrogens is 182 g/mol. The van der Waals surface area contributed by atoms with Crippen LogP contribution in [-0.4, -0.2) is 0 Å². The van der Waals surface area contributed by atoms with Gasteiger partial charge < -0.3 is 5.73 Å². The maximum Gasteiger partial charge on any atom is 0.0337 e. The Balaban J connectivity index is 3.08. The monoisotopic (exact) mass is 203 g/mol. The van der Waals surface area contributed by atoms with Gasteiger partial charge >= 0.3 is 0 Å². The van der Waals surface area contributed by atoms with E-state index in [1.54, 1.807) is 0 Å². The van der Waals surface area contributed by atoms with Crippen molar-refractivity contribution in [3.8, 4) is 0 Å². The zero-order valence-electron chi connectivity index (χ0n) is 10.2. The fourth-order valence-electron chi connectivity index (χ4n) is 2.25. The van der Waals surface area contributed by atoms with E-state index in [1.165, 1.54) is 22.3 Å². The fraction of sp³-hybridized carbons (Fsp3) is 0.429. The van der Waals surface area contributed by atoms with E-state index < -0.39 is 0 Å². The van der Waals surface area contributed by atoms with Crippen LogP contribution < -0.4 is 5.73 Å². The number of hydrogen-bond donors (Lipinski definition) is 1. The first-order chi connectivity index (χ1) is 6.91. The lowest BCUT2D eigenvalue weighted by atomic mass is 9.91. The molecule has 0 saturated carbocycles. The van der Waals surface area contributed by atoms with Crippen molar-refractivity contribution in [1.29, 1.82) is 0 Å². The van der Waals surface area contributed by atoms with E-state index in [9.17, 15) is 0 Å². The van der Waals surface area contributed by atoms with Crippen molar-refractivity contribution >= 4 is 0 Å². The third-order valence-electron chi connectivity index (χ3n) is 2.68. The van der Waals surface area contributed by atoms with E-state index in [2.05, 4.69) is 39.5 Å². The molecule has 0 amide bonds. The molecule has 1 heteroatoms. The predicted molar refractivity (Wildman–Crippen MR) is 67.0 cm³/mol. The maximum absolute atomic E-state index is 6.19. The second-order valence-corrected chi connectivity index (χ2v) is 4.58. The summed E-state index contributed by atoms with van der Waals surface area (Å²) >= 11 is 0. The van der Waals surface area contributed by atoms with Crippen molar-refractivity contribution in [2.24, 2.45) is 5.73 Å². The minimum Gasteiger partial charge on any atom is -0.324 e. The molecule has 0 fully saturated rings. The summed E-state index contributed by atoms with van der Waals surface area (Å²) < 4.78 is 0. The molecule has 1 rings (SSSR count). The van der Waals surface area contributed by atoms with E-state index in [-0.39, 0.29) is 6.04 Å². The third kappa shape index (κ3) is 2.93. The summed E-state index contributed by atoms with van der Waals surface area (Å²) in [4.78, 5) is 0. The zero-order chi connectivity index (χ0) is 11.6. The second-order valence-electron chi connectivity index (χ2n) is 4.58. The van der Waals surface area contributed by atoms with Gasteiger partial charge in [0, 0.05) is 6.04 Å². The van der Waals surface area contributed by atoms with Gasteiger partial charge in [0.1, 0.15) is 0 Å². The van der Waals surface area contributed by atoms with Crippen molar-refractivity contribution in [1.82, 2.24) is 0 Å². The minimum atomic E-state index is 0.0862. The summed E-state index contributed by atoms with van der Waals surface area (Å²) in [6.07, 6.45) is 0.866. The van der Waals surface area contributed by atoms with Crippen LogP contribution in [-0.2, 0) is 0 Å². The Labute approximate surface area is 93.0 Å². The van der Waals surface area contributed by atoms with Gasteiger partial charge in [0.05, 0.1) is 0 Å². The highest BCUT2D eigenvalue weighted by Gasteiger charge is 2.12. The summed E-state index contributed by atoms with van der Waals surface area (Å²) in [6, 6.07) is 4.48. The maximum atomic E-state index is 6.19. The van der Waals surface area contributed by atoms with E-state index in [4.69, 9.17) is 5.73 Å². The molecule has 2 N–H and O–H groups in total. The molecule has 0 bridgehead atoms. The van der Waals surface area contributed by atoms with Crippen LogP contribution in [0.2, 0.25) is 0 Å². The van der Waals surface area contributed by atoms with Crippen molar-refractivity contribution in [2.75, 3.05) is 0 Å². The Bertz CT molecular complexity index is 354. The highest BCUT2D eigenvalue weighted by Crippen LogP contribution is 2.25. The summed E-state index contributed by atoms with van der Waals surface area (Å²) in [5.74, 6) is 0. The van der Waals surface area contributed by atoms with Gasteiger partial charge in [-0.1, -0.05) is 23.3 Å². The van der Waals surface area contributed by atoms with E-state index in [0.29, 0.717) is 0 Å². The van der Waals surface area contributed by atoms with Gasteiger partial charge in [-0.05, 0) is 50.8 Å². The first-order valence-corrected chi connectivity index (χ1v) is 5.39. The average Bonchev–Trinajstić information content (AvgIpc) is 1.99. The predicted octanol–water partition coefficient (Wildman–Crippen LogP) is 3.58. The molecule has 1 unspecified atom stereocenters. The van der Waals surface area contributed by atoms with Gasteiger partial charge in [-0.3, -0.25) is 0 Å². The van der Waals surface area contributed by atoms with Crippen molar-refractivity contribution < 1.29 is 0 Å². The molecule has 0 saturated heterocycles. The lowest BCUT2D eigenvalue weighted by Crippen LogP contribution is -2.13. The molecule has 0 aromatic heterocycles. The SMILES string of the molecule is C=C(C)CC(N)c1c(C)cc(C)cc1C. The molecule has 1 aromatic rings. The lowest BCUT2D eigenvalue weighted by Gasteiger charge is -2.18. The van der Waals surface area contributed by atoms with Crippen LogP contribution in [0.3, 0.4) is 0 Å². The second kappa shape index (κ2) is 4.63. The molecular formula is C14H21N. The normalized spacial score (nSPS) is 12.6. The van der Waals surface area contributed by atoms with Crippen LogP contribution in [0, 0.1) is 20.8 Å². The molecule has 15 heavy (non-hydrogen) atoms. The molecule has 82 valence electrons. The van der Waals surface area contributed by atoms with Gasteiger partial charge in [0.2, 0.25) is 0 Å². The topological polar surface area (TPSA) is 26.0 Å². The molecule has 1 atom stereocenters. The third-order valence-corrected chi connectivity index (χ3v) is 2.68. The highest BCUT2D eigenvalue weighted by atomic mass is 14.6. The molecule has 0 aliphatic heterocycles. The summed E-state index contributed by atoms with van der Waals surface area (Å²) in [7, 11) is 0. The van der Waals surface area contributed by atoms with Crippen LogP contribution in [0.5, 0.6) is 0 Å². The van der Waals surface area contributed by atoms with E-state index in [0.717, 1.165) is 12.0 Å². The number of nitrogens with two attached hydrogens (primary N) is 1. The summed E-state index contributed by atoms with van der Waals surface area (Å²) in [5, 5.41) is 0. The number of benzene rings is 1. The standard InChI is InChI=1S/C14H21N/c1-9(2)6-13(15)14-11(4)7-10(3)8-12(14)5/h7-8,13H,1,6,15H2,2-5H3. The Kier molecular flexibility index (Phi) is 3.70. The van der Waals surface area contributed by atoms with Crippen LogP contribution in [0.4, 0.5) is 0 Å². The molecule has 1 nitrogen and oxygen atoms in total. The van der Waals surface area contributed by atoms with Crippen molar-refractivity contribution in [3.05, 3.63) is 46.5 Å². The highest BCUT2D eigenvalue weighted by molar-refractivity contribution is 5.39. The first kappa shape index (κ1) is 12.0. The smallest absolute Gasteiger partial charge is 0.0337 e. The number of aryl methyl sites for hydroxylation is 3. The van der Waals surface area contributed by atoms with Crippen LogP contribution >= 0.6 is 0 Å². The first-order valence-electron chi connectivity index (χ1n) is 5.39. The minimum absolute atomic E-state index is 0.0862. The fourth-order valence-corrected chi connectivity index (χ4v) is 2.25. The lowest BCUT2D eigenvalue weighted by molar-refractivity contribution is 0.706. The van der Waals surface area contributed by atoms with Crippen molar-refractivity contribution in [2.45, 2.75) is 40.2 Å². The molecule has 0 aliphatic carbocycles. The number of rotatable bonds is 3. The Morgan fingerprint density at radius 1 is 1.27 bits per heavy atom. The van der Waals surface area contributed by atoms with Gasteiger partial charge in [0.15, 0.2) is 0 Å². The Morgan fingerprint density at radius 2 is 1.73 bits per heavy atom. The summed E-state index contributed by atoms with van der Waals surface area (Å²) in [5.41, 5.74) is 12.5. The van der Waals surface area contributed by atoms with Gasteiger partial charge in [-0.2, -0.15) is 0 Å². The van der Waals surface area contributed by atoms with Gasteiger partial charge in [0.25, 0.3) is 0 Å². The van der Waals surface area contributed by atoms with Crippen LogP contribution in [0.25, 0.3) is 0 Å². The Hall–Kier alpha value is -1.08. The molecule has 1 aromatic carbocycles. The molecule has 0 spiro atoms. The molecule has 0 heterocycles. The quantitative estimate of drug-likeness (QED) is 0.747. The number of hydrogen-bond acceptors (Lipinski definition) is 1. The van der Waals surface area contributed by atoms with E-state index in [1.807, 2.05) is 6.92 Å². The Morgan fingerprint density at radius 3 is 2.13 bits per heavy atom. The largest absolute Gasteiger partial charge is 0.324 e. The average molecular weight is 203 g/mol. The van der Waals surface area contributed by atoms with E-state index >= 15 is 0 Å². The molecule has 0 aliphatic rings. The van der Waals surface area contributed by atoms with Crippen LogP contribution in [0.15, 0.2) is 24.3 Å². The van der Waals surface area contributed by atoms with Gasteiger partial charge in [-0.25, -0.2) is 0 Å². The molecule has 0 radical (unpaired) electrons. The van der Waals surface area contributed by atoms with Crippen molar-refractivity contribution in [3.63, 3.8) is 0 Å². The van der Waals surface area contributed by atoms with Crippen LogP contribution in [0.1, 0.15) is 41.6 Å². The summed E-state index contributed by atoms with van der Waals surface area (Å²) in [6.45, 7) is 12.3.